The van der Waals surface area contributed by atoms with Crippen LogP contribution in [0, 0.1) is 0 Å². The molecule has 0 unspecified atom stereocenters. The van der Waals surface area contributed by atoms with E-state index in [1.165, 1.54) is 11.8 Å². The second-order valence-electron chi connectivity index (χ2n) is 4.14. The van der Waals surface area contributed by atoms with E-state index >= 15 is 0 Å². The summed E-state index contributed by atoms with van der Waals surface area (Å²) in [5.74, 6) is -0.106. The predicted octanol–water partition coefficient (Wildman–Crippen LogP) is 4.99. The largest absolute Gasteiger partial charge is 0.354 e. The average molecular weight is 339 g/mol. The van der Waals surface area contributed by atoms with Gasteiger partial charge in [0.05, 0.1) is 6.42 Å². The Bertz CT molecular complexity index is 467. The molecule has 0 saturated heterocycles. The molecular weight excluding hydrogens is 325 g/mol. The maximum Gasteiger partial charge on any atom is 0.225 e. The monoisotopic (exact) mass is 337 g/mol. The Morgan fingerprint density at radius 2 is 1.84 bits per heavy atom. The van der Waals surface area contributed by atoms with E-state index in [4.69, 9.17) is 34.8 Å². The van der Waals surface area contributed by atoms with E-state index in [-0.39, 0.29) is 22.9 Å². The number of nitrogens with one attached hydrogen (secondary N) is 1. The first-order valence-corrected chi connectivity index (χ1v) is 7.60. The molecule has 1 amide bonds. The van der Waals surface area contributed by atoms with E-state index in [9.17, 15) is 4.79 Å². The van der Waals surface area contributed by atoms with Crippen LogP contribution in [0.1, 0.15) is 20.3 Å². The Morgan fingerprint density at radius 1 is 1.26 bits per heavy atom. The zero-order chi connectivity index (χ0) is 14.4. The minimum Gasteiger partial charge on any atom is -0.354 e. The van der Waals surface area contributed by atoms with Crippen molar-refractivity contribution in [1.82, 2.24) is 5.32 Å². The number of carbonyl (C=O) groups is 1. The summed E-state index contributed by atoms with van der Waals surface area (Å²) in [6.45, 7) is 3.80. The van der Waals surface area contributed by atoms with Gasteiger partial charge in [0, 0.05) is 20.9 Å². The number of benzene rings is 1. The van der Waals surface area contributed by atoms with Gasteiger partial charge in [0.15, 0.2) is 0 Å². The normalized spacial score (nSPS) is 10.4. The van der Waals surface area contributed by atoms with Crippen LogP contribution in [0.4, 0.5) is 0 Å². The van der Waals surface area contributed by atoms with Gasteiger partial charge in [-0.3, -0.25) is 4.79 Å². The fraction of sp³-hybridized carbons (Fsp3) is 0.308. The Labute approximate surface area is 132 Å². The molecule has 1 rings (SSSR count). The predicted molar refractivity (Wildman–Crippen MR) is 83.9 cm³/mol. The average Bonchev–Trinajstić information content (AvgIpc) is 2.29. The summed E-state index contributed by atoms with van der Waals surface area (Å²) < 4.78 is 0.110. The van der Waals surface area contributed by atoms with Crippen LogP contribution in [0.5, 0.6) is 0 Å². The molecule has 0 aliphatic rings. The molecule has 2 nitrogen and oxygen atoms in total. The maximum absolute atomic E-state index is 11.7. The molecule has 104 valence electrons. The van der Waals surface area contributed by atoms with Gasteiger partial charge >= 0.3 is 0 Å². The first-order chi connectivity index (χ1) is 8.88. The van der Waals surface area contributed by atoms with E-state index in [2.05, 4.69) is 5.32 Å². The highest BCUT2D eigenvalue weighted by molar-refractivity contribution is 8.03. The molecule has 19 heavy (non-hydrogen) atoms. The molecule has 0 bridgehead atoms. The third kappa shape index (κ3) is 6.57. The molecular formula is C13H14Cl3NOS. The second kappa shape index (κ2) is 8.05. The molecule has 0 aliphatic heterocycles. The Balaban J connectivity index is 2.72. The molecule has 6 heteroatoms. The van der Waals surface area contributed by atoms with Gasteiger partial charge in [0.1, 0.15) is 4.49 Å². The van der Waals surface area contributed by atoms with Gasteiger partial charge in [-0.1, -0.05) is 46.6 Å². The first kappa shape index (κ1) is 16.7. The number of thioether (sulfide) groups is 1. The lowest BCUT2D eigenvalue weighted by atomic mass is 10.3. The van der Waals surface area contributed by atoms with Crippen molar-refractivity contribution in [3.05, 3.63) is 38.7 Å². The molecule has 0 aliphatic carbocycles. The van der Waals surface area contributed by atoms with Gasteiger partial charge in [-0.05, 0) is 38.1 Å². The van der Waals surface area contributed by atoms with Crippen molar-refractivity contribution in [3.63, 3.8) is 0 Å². The summed E-state index contributed by atoms with van der Waals surface area (Å²) in [4.78, 5) is 13.3. The Morgan fingerprint density at radius 3 is 2.32 bits per heavy atom. The van der Waals surface area contributed by atoms with Crippen molar-refractivity contribution >= 4 is 52.5 Å². The van der Waals surface area contributed by atoms with Gasteiger partial charge in [0.25, 0.3) is 0 Å². The molecule has 1 N–H and O–H groups in total. The molecule has 1 aromatic carbocycles. The summed E-state index contributed by atoms with van der Waals surface area (Å²) in [7, 11) is 0. The molecule has 0 fully saturated rings. The number of hydrogen-bond acceptors (Lipinski definition) is 2. The minimum absolute atomic E-state index is 0.0865. The quantitative estimate of drug-likeness (QED) is 0.766. The van der Waals surface area contributed by atoms with Gasteiger partial charge in [-0.15, -0.1) is 0 Å². The van der Waals surface area contributed by atoms with E-state index in [1.807, 2.05) is 26.0 Å². The van der Waals surface area contributed by atoms with Crippen LogP contribution in [0.3, 0.4) is 0 Å². The van der Waals surface area contributed by atoms with Crippen LogP contribution in [-0.4, -0.2) is 11.9 Å². The van der Waals surface area contributed by atoms with E-state index < -0.39 is 0 Å². The summed E-state index contributed by atoms with van der Waals surface area (Å²) in [6, 6.07) is 7.34. The number of amides is 1. The molecule has 0 aromatic heterocycles. The topological polar surface area (TPSA) is 29.1 Å². The third-order valence-corrected chi connectivity index (χ3v) is 4.07. The van der Waals surface area contributed by atoms with Crippen LogP contribution in [-0.2, 0) is 4.79 Å². The van der Waals surface area contributed by atoms with Crippen LogP contribution in [0.25, 0.3) is 0 Å². The van der Waals surface area contributed by atoms with Crippen LogP contribution < -0.4 is 5.32 Å². The lowest BCUT2D eigenvalue weighted by molar-refractivity contribution is -0.120. The maximum atomic E-state index is 11.7. The molecule has 1 aromatic rings. The molecule has 0 heterocycles. The fourth-order valence-corrected chi connectivity index (χ4v) is 2.63. The first-order valence-electron chi connectivity index (χ1n) is 5.65. The summed E-state index contributed by atoms with van der Waals surface area (Å²) in [5.41, 5.74) is 0. The molecule has 0 saturated carbocycles. The Kier molecular flexibility index (Phi) is 7.08. The van der Waals surface area contributed by atoms with Gasteiger partial charge in [-0.2, -0.15) is 0 Å². The highest BCUT2D eigenvalue weighted by atomic mass is 35.5. The van der Waals surface area contributed by atoms with E-state index in [1.54, 1.807) is 12.1 Å². The number of rotatable bonds is 5. The summed E-state index contributed by atoms with van der Waals surface area (Å²) in [6.07, 6.45) is 0.161. The standard InChI is InChI=1S/C13H14Cl3NOS/c1-8(2)17-12(18)7-11(13(15)16)19-10-5-3-9(14)4-6-10/h3-6,8H,7H2,1-2H3,(H,17,18). The highest BCUT2D eigenvalue weighted by Gasteiger charge is 2.12. The van der Waals surface area contributed by atoms with Crippen molar-refractivity contribution in [2.45, 2.75) is 31.2 Å². The van der Waals surface area contributed by atoms with Crippen molar-refractivity contribution in [2.75, 3.05) is 0 Å². The van der Waals surface area contributed by atoms with Crippen LogP contribution in [0.15, 0.2) is 38.6 Å². The molecule has 0 radical (unpaired) electrons. The molecule has 0 spiro atoms. The zero-order valence-corrected chi connectivity index (χ0v) is 13.6. The van der Waals surface area contributed by atoms with Crippen molar-refractivity contribution in [1.29, 1.82) is 0 Å². The number of carbonyl (C=O) groups excluding carboxylic acids is 1. The number of halogens is 3. The Hall–Kier alpha value is -0.350. The highest BCUT2D eigenvalue weighted by Crippen LogP contribution is 2.34. The van der Waals surface area contributed by atoms with Crippen LogP contribution >= 0.6 is 46.6 Å². The van der Waals surface area contributed by atoms with Crippen LogP contribution in [0.2, 0.25) is 5.02 Å². The smallest absolute Gasteiger partial charge is 0.225 e. The number of hydrogen-bond donors (Lipinski definition) is 1. The van der Waals surface area contributed by atoms with Crippen molar-refractivity contribution < 1.29 is 4.79 Å². The van der Waals surface area contributed by atoms with E-state index in [0.29, 0.717) is 9.93 Å². The summed E-state index contributed by atoms with van der Waals surface area (Å²) in [5, 5.41) is 3.46. The van der Waals surface area contributed by atoms with Gasteiger partial charge < -0.3 is 5.32 Å². The minimum atomic E-state index is -0.106. The molecule has 0 atom stereocenters. The van der Waals surface area contributed by atoms with Gasteiger partial charge in [-0.25, -0.2) is 0 Å². The summed E-state index contributed by atoms with van der Waals surface area (Å²) >= 11 is 18.8. The lowest BCUT2D eigenvalue weighted by Crippen LogP contribution is -2.30. The lowest BCUT2D eigenvalue weighted by Gasteiger charge is -2.11. The van der Waals surface area contributed by atoms with E-state index in [0.717, 1.165) is 4.90 Å². The van der Waals surface area contributed by atoms with Gasteiger partial charge in [0.2, 0.25) is 5.91 Å². The van der Waals surface area contributed by atoms with Crippen molar-refractivity contribution in [2.24, 2.45) is 0 Å². The van der Waals surface area contributed by atoms with Crippen molar-refractivity contribution in [3.8, 4) is 0 Å². The zero-order valence-electron chi connectivity index (χ0n) is 10.5. The fourth-order valence-electron chi connectivity index (χ4n) is 1.31. The third-order valence-electron chi connectivity index (χ3n) is 2.04. The SMILES string of the molecule is CC(C)NC(=O)CC(Sc1ccc(Cl)cc1)=C(Cl)Cl. The second-order valence-corrected chi connectivity index (χ2v) is 6.69.